The molecule has 44 heavy (non-hydrogen) atoms. The van der Waals surface area contributed by atoms with Crippen LogP contribution in [0.4, 0.5) is 0 Å². The third-order valence-corrected chi connectivity index (χ3v) is 12.8. The van der Waals surface area contributed by atoms with E-state index in [2.05, 4.69) is 32.2 Å². The minimum Gasteiger partial charge on any atom is -0.461 e. The molecule has 0 aliphatic heterocycles. The summed E-state index contributed by atoms with van der Waals surface area (Å²) in [5.74, 6) is 3.08. The van der Waals surface area contributed by atoms with Crippen LogP contribution >= 0.6 is 12.4 Å². The maximum absolute atomic E-state index is 13.3. The van der Waals surface area contributed by atoms with E-state index in [0.29, 0.717) is 17.3 Å². The maximum Gasteiger partial charge on any atom is 0.329 e. The number of allylic oxidation sites excluding steroid dienone is 1. The van der Waals surface area contributed by atoms with E-state index < -0.39 is 17.7 Å². The van der Waals surface area contributed by atoms with Crippen LogP contribution in [0.2, 0.25) is 0 Å². The zero-order valence-electron chi connectivity index (χ0n) is 29.3. The second kappa shape index (κ2) is 14.3. The first-order valence-electron chi connectivity index (χ1n) is 17.7. The van der Waals surface area contributed by atoms with Crippen LogP contribution in [0.1, 0.15) is 133 Å². The number of nitrogens with two attached hydrogens (primary N) is 1. The summed E-state index contributed by atoms with van der Waals surface area (Å²) in [6.45, 7) is 19.2. The Morgan fingerprint density at radius 1 is 1.05 bits per heavy atom. The zero-order chi connectivity index (χ0) is 31.9. The molecule has 254 valence electrons. The summed E-state index contributed by atoms with van der Waals surface area (Å²) < 4.78 is 6.11. The number of nitrogens with one attached hydrogen (secondary N) is 1. The van der Waals surface area contributed by atoms with Crippen LogP contribution < -0.4 is 11.1 Å². The molecule has 7 heteroatoms. The Morgan fingerprint density at radius 3 is 2.34 bits per heavy atom. The van der Waals surface area contributed by atoms with Crippen molar-refractivity contribution in [3.05, 3.63) is 11.6 Å². The number of hydrogen-bond acceptors (Lipinski definition) is 5. The largest absolute Gasteiger partial charge is 0.461 e. The lowest BCUT2D eigenvalue weighted by atomic mass is 9.47. The number of amides is 1. The van der Waals surface area contributed by atoms with E-state index in [1.807, 2.05) is 41.5 Å². The quantitative estimate of drug-likeness (QED) is 0.160. The number of halogens is 1. The van der Waals surface area contributed by atoms with E-state index >= 15 is 0 Å². The van der Waals surface area contributed by atoms with Crippen LogP contribution in [0.25, 0.3) is 0 Å². The van der Waals surface area contributed by atoms with E-state index in [-0.39, 0.29) is 47.6 Å². The molecule has 0 spiro atoms. The molecule has 0 aromatic rings. The van der Waals surface area contributed by atoms with Crippen molar-refractivity contribution >= 4 is 24.3 Å². The van der Waals surface area contributed by atoms with Gasteiger partial charge in [-0.2, -0.15) is 0 Å². The molecular weight excluding hydrogens is 572 g/mol. The van der Waals surface area contributed by atoms with Gasteiger partial charge in [0.2, 0.25) is 5.91 Å². The third kappa shape index (κ3) is 7.71. The lowest BCUT2D eigenvalue weighted by Crippen LogP contribution is -2.53. The SMILES string of the molecule is CC(C)[C@@H](N)C(=O)N[C@@H](C(=O)O[C@H]1CC[C@@]2(C)C(=CC[C@H]3[C@@H]4CC[C@H]([C@H](C)CCCC(C)(C)O)[C@@]4(C)CC[C@@H]32)C1)C(C)C.Cl. The Labute approximate surface area is 274 Å². The molecule has 0 saturated heterocycles. The monoisotopic (exact) mass is 636 g/mol. The number of fused-ring (bicyclic) bond motifs is 5. The third-order valence-electron chi connectivity index (χ3n) is 12.8. The standard InChI is InChI=1S/C37H64N2O4.ClH/c1-22(2)31(38)33(40)39-32(23(3)4)34(41)43-26-16-19-36(8)25(21-26)12-13-27-29-15-14-28(37(29,9)20-17-30(27)36)24(5)11-10-18-35(6,7)42;/h12,22-24,26-32,42H,10-11,13-21,38H2,1-9H3,(H,39,40);1H/t24-,26+,27+,28-,29+,30+,31-,32-,36+,37-;/m1./s1. The van der Waals surface area contributed by atoms with E-state index in [1.54, 1.807) is 0 Å². The fourth-order valence-corrected chi connectivity index (χ4v) is 10.0. The molecule has 3 saturated carbocycles. The Hall–Kier alpha value is -1.11. The van der Waals surface area contributed by atoms with Crippen LogP contribution in [0.15, 0.2) is 11.6 Å². The fraction of sp³-hybridized carbons (Fsp3) is 0.892. The van der Waals surface area contributed by atoms with Gasteiger partial charge < -0.3 is 20.9 Å². The molecule has 10 atom stereocenters. The molecule has 4 rings (SSSR count). The Balaban J connectivity index is 0.00000529. The summed E-state index contributed by atoms with van der Waals surface area (Å²) in [4.78, 5) is 25.9. The van der Waals surface area contributed by atoms with Crippen molar-refractivity contribution in [3.63, 3.8) is 0 Å². The number of esters is 1. The van der Waals surface area contributed by atoms with Gasteiger partial charge in [-0.1, -0.05) is 73.0 Å². The highest BCUT2D eigenvalue weighted by atomic mass is 35.5. The number of carbonyl (C=O) groups is 2. The van der Waals surface area contributed by atoms with Crippen molar-refractivity contribution in [1.82, 2.24) is 5.32 Å². The molecule has 0 heterocycles. The average Bonchev–Trinajstić information content (AvgIpc) is 3.27. The van der Waals surface area contributed by atoms with Gasteiger partial charge in [0.05, 0.1) is 11.6 Å². The Kier molecular flexibility index (Phi) is 12.2. The maximum atomic E-state index is 13.3. The molecule has 0 radical (unpaired) electrons. The predicted molar refractivity (Wildman–Crippen MR) is 181 cm³/mol. The van der Waals surface area contributed by atoms with Gasteiger partial charge >= 0.3 is 5.97 Å². The Bertz CT molecular complexity index is 1040. The zero-order valence-corrected chi connectivity index (χ0v) is 30.1. The molecule has 4 aliphatic rings. The van der Waals surface area contributed by atoms with Gasteiger partial charge in [-0.25, -0.2) is 4.79 Å². The van der Waals surface area contributed by atoms with Gasteiger partial charge in [-0.05, 0) is 117 Å². The van der Waals surface area contributed by atoms with E-state index in [4.69, 9.17) is 10.5 Å². The first kappa shape index (κ1) is 37.3. The smallest absolute Gasteiger partial charge is 0.329 e. The summed E-state index contributed by atoms with van der Waals surface area (Å²) in [6, 6.07) is -1.32. The van der Waals surface area contributed by atoms with Gasteiger partial charge in [0.15, 0.2) is 0 Å². The fourth-order valence-electron chi connectivity index (χ4n) is 10.0. The molecule has 4 aliphatic carbocycles. The van der Waals surface area contributed by atoms with Crippen LogP contribution in [0.3, 0.4) is 0 Å². The predicted octanol–water partition coefficient (Wildman–Crippen LogP) is 7.60. The van der Waals surface area contributed by atoms with Gasteiger partial charge in [0.1, 0.15) is 12.1 Å². The van der Waals surface area contributed by atoms with Crippen molar-refractivity contribution in [2.45, 2.75) is 157 Å². The summed E-state index contributed by atoms with van der Waals surface area (Å²) >= 11 is 0. The first-order valence-corrected chi connectivity index (χ1v) is 17.7. The molecular formula is C37H65ClN2O4. The van der Waals surface area contributed by atoms with Gasteiger partial charge in [0, 0.05) is 6.42 Å². The lowest BCUT2D eigenvalue weighted by molar-refractivity contribution is -0.156. The highest BCUT2D eigenvalue weighted by molar-refractivity contribution is 5.87. The number of hydrogen-bond donors (Lipinski definition) is 3. The van der Waals surface area contributed by atoms with Crippen LogP contribution in [-0.4, -0.2) is 40.8 Å². The second-order valence-electron chi connectivity index (χ2n) is 17.0. The molecule has 0 aromatic carbocycles. The molecule has 0 aromatic heterocycles. The summed E-state index contributed by atoms with van der Waals surface area (Å²) in [7, 11) is 0. The Morgan fingerprint density at radius 2 is 1.73 bits per heavy atom. The van der Waals surface area contributed by atoms with Crippen molar-refractivity contribution in [3.8, 4) is 0 Å². The number of rotatable bonds is 11. The van der Waals surface area contributed by atoms with E-state index in [9.17, 15) is 14.7 Å². The normalized spacial score (nSPS) is 35.4. The number of aliphatic hydroxyl groups is 1. The summed E-state index contributed by atoms with van der Waals surface area (Å²) in [6.07, 6.45) is 14.9. The highest BCUT2D eigenvalue weighted by Crippen LogP contribution is 2.67. The molecule has 3 fully saturated rings. The topological polar surface area (TPSA) is 102 Å². The number of carbonyl (C=O) groups excluding carboxylic acids is 2. The molecule has 1 amide bonds. The van der Waals surface area contributed by atoms with E-state index in [0.717, 1.165) is 56.3 Å². The van der Waals surface area contributed by atoms with E-state index in [1.165, 1.54) is 37.7 Å². The summed E-state index contributed by atoms with van der Waals surface area (Å²) in [5, 5.41) is 13.1. The first-order chi connectivity index (χ1) is 20.0. The van der Waals surface area contributed by atoms with Gasteiger partial charge in [-0.3, -0.25) is 4.79 Å². The van der Waals surface area contributed by atoms with Crippen molar-refractivity contribution in [1.29, 1.82) is 0 Å². The van der Waals surface area contributed by atoms with Crippen LogP contribution in [0.5, 0.6) is 0 Å². The van der Waals surface area contributed by atoms with Crippen molar-refractivity contribution in [2.75, 3.05) is 0 Å². The second-order valence-corrected chi connectivity index (χ2v) is 17.0. The summed E-state index contributed by atoms with van der Waals surface area (Å²) in [5.41, 5.74) is 7.61. The van der Waals surface area contributed by atoms with Crippen molar-refractivity contribution in [2.24, 2.45) is 58.0 Å². The molecule has 0 unspecified atom stereocenters. The van der Waals surface area contributed by atoms with Crippen molar-refractivity contribution < 1.29 is 19.4 Å². The van der Waals surface area contributed by atoms with Crippen LogP contribution in [-0.2, 0) is 14.3 Å². The van der Waals surface area contributed by atoms with Gasteiger partial charge in [-0.15, -0.1) is 12.4 Å². The van der Waals surface area contributed by atoms with Crippen LogP contribution in [0, 0.1) is 52.3 Å². The minimum absolute atomic E-state index is 0. The number of ether oxygens (including phenoxy) is 1. The average molecular weight is 637 g/mol. The molecule has 0 bridgehead atoms. The highest BCUT2D eigenvalue weighted by Gasteiger charge is 2.59. The molecule has 4 N–H and O–H groups in total. The minimum atomic E-state index is -0.681. The molecule has 6 nitrogen and oxygen atoms in total. The lowest BCUT2D eigenvalue weighted by Gasteiger charge is -2.58. The van der Waals surface area contributed by atoms with Gasteiger partial charge in [0.25, 0.3) is 0 Å².